The lowest BCUT2D eigenvalue weighted by atomic mass is 9.98. The molecule has 2 atom stereocenters. The van der Waals surface area contributed by atoms with Crippen molar-refractivity contribution < 1.29 is 4.79 Å². The van der Waals surface area contributed by atoms with E-state index in [1.165, 1.54) is 31.5 Å². The van der Waals surface area contributed by atoms with Gasteiger partial charge in [0, 0.05) is 25.0 Å². The Morgan fingerprint density at radius 2 is 1.84 bits per heavy atom. The molecule has 144 valence electrons. The van der Waals surface area contributed by atoms with E-state index in [-0.39, 0.29) is 42.7 Å². The van der Waals surface area contributed by atoms with Crippen molar-refractivity contribution in [2.24, 2.45) is 17.6 Å². The number of nitrogens with two attached hydrogens (primary N) is 1. The monoisotopic (exact) mass is 389 g/mol. The molecule has 25 heavy (non-hydrogen) atoms. The normalized spacial score (nSPS) is 17.8. The molecule has 0 saturated carbocycles. The van der Waals surface area contributed by atoms with Gasteiger partial charge >= 0.3 is 0 Å². The number of amides is 1. The highest BCUT2D eigenvalue weighted by atomic mass is 35.5. The molecule has 2 rings (SSSR count). The summed E-state index contributed by atoms with van der Waals surface area (Å²) >= 11 is 0. The predicted octanol–water partition coefficient (Wildman–Crippen LogP) is 3.36. The smallest absolute Gasteiger partial charge is 0.224 e. The zero-order valence-corrected chi connectivity index (χ0v) is 17.2. The molecule has 1 amide bonds. The van der Waals surface area contributed by atoms with E-state index in [1.807, 2.05) is 13.8 Å². The van der Waals surface area contributed by atoms with Crippen LogP contribution in [0.1, 0.15) is 44.7 Å². The van der Waals surface area contributed by atoms with E-state index in [0.29, 0.717) is 6.54 Å². The molecule has 1 saturated heterocycles. The molecule has 1 aliphatic heterocycles. The van der Waals surface area contributed by atoms with Gasteiger partial charge in [-0.2, -0.15) is 0 Å². The quantitative estimate of drug-likeness (QED) is 0.783. The predicted molar refractivity (Wildman–Crippen MR) is 109 cm³/mol. The maximum atomic E-state index is 12.0. The zero-order chi connectivity index (χ0) is 16.8. The molecule has 0 bridgehead atoms. The van der Waals surface area contributed by atoms with Crippen LogP contribution >= 0.6 is 24.8 Å². The molecule has 1 fully saturated rings. The van der Waals surface area contributed by atoms with Gasteiger partial charge in [0.05, 0.1) is 0 Å². The van der Waals surface area contributed by atoms with Crippen molar-refractivity contribution >= 4 is 30.7 Å². The Hall–Kier alpha value is -0.810. The van der Waals surface area contributed by atoms with Crippen LogP contribution in [0.2, 0.25) is 0 Å². The van der Waals surface area contributed by atoms with Crippen molar-refractivity contribution in [3.63, 3.8) is 0 Å². The molecular formula is C19H33Cl2N3O. The topological polar surface area (TPSA) is 58.4 Å². The first-order valence-corrected chi connectivity index (χ1v) is 8.79. The number of nitrogens with zero attached hydrogens (tertiary/aromatic N) is 1. The standard InChI is InChI=1S/C19H31N3O.2ClH/c1-14-7-9-22(10-8-14)13-18-6-4-5-17(11-18)12-21-19(23)15(2)16(3)20;;/h4-6,11,14-16H,7-10,12-13,20H2,1-3H3,(H,21,23);2*1H. The highest BCUT2D eigenvalue weighted by molar-refractivity contribution is 5.85. The van der Waals surface area contributed by atoms with Crippen LogP contribution in [0.25, 0.3) is 0 Å². The molecule has 0 aromatic heterocycles. The molecule has 0 aliphatic carbocycles. The first kappa shape index (κ1) is 24.2. The summed E-state index contributed by atoms with van der Waals surface area (Å²) in [6, 6.07) is 8.41. The van der Waals surface area contributed by atoms with Gasteiger partial charge in [-0.15, -0.1) is 24.8 Å². The third-order valence-electron chi connectivity index (χ3n) is 4.94. The average Bonchev–Trinajstić information content (AvgIpc) is 2.54. The second-order valence-electron chi connectivity index (χ2n) is 7.14. The largest absolute Gasteiger partial charge is 0.352 e. The highest BCUT2D eigenvalue weighted by Crippen LogP contribution is 2.18. The number of hydrogen-bond acceptors (Lipinski definition) is 3. The number of piperidine rings is 1. The number of hydrogen-bond donors (Lipinski definition) is 2. The third-order valence-corrected chi connectivity index (χ3v) is 4.94. The lowest BCUT2D eigenvalue weighted by Crippen LogP contribution is -2.38. The van der Waals surface area contributed by atoms with Crippen LogP contribution in [-0.4, -0.2) is 29.9 Å². The Kier molecular flexibility index (Phi) is 11.4. The zero-order valence-electron chi connectivity index (χ0n) is 15.5. The average molecular weight is 390 g/mol. The van der Waals surface area contributed by atoms with Crippen molar-refractivity contribution in [1.82, 2.24) is 10.2 Å². The highest BCUT2D eigenvalue weighted by Gasteiger charge is 2.17. The Balaban J connectivity index is 0.00000288. The van der Waals surface area contributed by atoms with Crippen LogP contribution < -0.4 is 11.1 Å². The summed E-state index contributed by atoms with van der Waals surface area (Å²) in [5.74, 6) is 0.726. The second-order valence-corrected chi connectivity index (χ2v) is 7.14. The minimum Gasteiger partial charge on any atom is -0.352 e. The number of benzene rings is 1. The summed E-state index contributed by atoms with van der Waals surface area (Å²) in [6.07, 6.45) is 2.59. The molecule has 2 unspecified atom stereocenters. The SMILES string of the molecule is CC1CCN(Cc2cccc(CNC(=O)C(C)C(C)N)c2)CC1.Cl.Cl. The first-order chi connectivity index (χ1) is 11.0. The number of nitrogens with one attached hydrogen (secondary N) is 1. The van der Waals surface area contributed by atoms with Crippen LogP contribution in [0.3, 0.4) is 0 Å². The molecule has 6 heteroatoms. The number of halogens is 2. The number of rotatable bonds is 6. The van der Waals surface area contributed by atoms with Gasteiger partial charge in [0.15, 0.2) is 0 Å². The second kappa shape index (κ2) is 11.7. The molecule has 0 radical (unpaired) electrons. The first-order valence-electron chi connectivity index (χ1n) is 8.79. The van der Waals surface area contributed by atoms with Crippen molar-refractivity contribution in [2.45, 2.75) is 52.7 Å². The maximum Gasteiger partial charge on any atom is 0.224 e. The number of carbonyl (C=O) groups excluding carboxylic acids is 1. The molecule has 1 aromatic carbocycles. The summed E-state index contributed by atoms with van der Waals surface area (Å²) in [5, 5.41) is 2.98. The maximum absolute atomic E-state index is 12.0. The van der Waals surface area contributed by atoms with Gasteiger partial charge in [-0.25, -0.2) is 0 Å². The van der Waals surface area contributed by atoms with E-state index in [2.05, 4.69) is 41.4 Å². The minimum atomic E-state index is -0.159. The van der Waals surface area contributed by atoms with E-state index in [1.54, 1.807) is 0 Å². The summed E-state index contributed by atoms with van der Waals surface area (Å²) in [5.41, 5.74) is 8.25. The van der Waals surface area contributed by atoms with Crippen molar-refractivity contribution in [2.75, 3.05) is 13.1 Å². The lowest BCUT2D eigenvalue weighted by Gasteiger charge is -2.30. The molecular weight excluding hydrogens is 357 g/mol. The fourth-order valence-electron chi connectivity index (χ4n) is 2.91. The van der Waals surface area contributed by atoms with Gasteiger partial charge < -0.3 is 11.1 Å². The Morgan fingerprint density at radius 1 is 1.24 bits per heavy atom. The summed E-state index contributed by atoms with van der Waals surface area (Å²) < 4.78 is 0. The van der Waals surface area contributed by atoms with Gasteiger partial charge in [-0.1, -0.05) is 38.1 Å². The van der Waals surface area contributed by atoms with Crippen molar-refractivity contribution in [3.05, 3.63) is 35.4 Å². The van der Waals surface area contributed by atoms with E-state index >= 15 is 0 Å². The van der Waals surface area contributed by atoms with Crippen LogP contribution in [0.4, 0.5) is 0 Å². The minimum absolute atomic E-state index is 0. The Bertz CT molecular complexity index is 517. The van der Waals surface area contributed by atoms with Gasteiger partial charge in [-0.3, -0.25) is 9.69 Å². The van der Waals surface area contributed by atoms with Gasteiger partial charge in [0.25, 0.3) is 0 Å². The lowest BCUT2D eigenvalue weighted by molar-refractivity contribution is -0.125. The molecule has 1 heterocycles. The number of likely N-dealkylation sites (tertiary alicyclic amines) is 1. The van der Waals surface area contributed by atoms with E-state index < -0.39 is 0 Å². The Morgan fingerprint density at radius 3 is 2.44 bits per heavy atom. The Labute approximate surface area is 164 Å². The van der Waals surface area contributed by atoms with Crippen LogP contribution in [0.15, 0.2) is 24.3 Å². The van der Waals surface area contributed by atoms with Crippen LogP contribution in [0, 0.1) is 11.8 Å². The number of carbonyl (C=O) groups is 1. The molecule has 0 spiro atoms. The summed E-state index contributed by atoms with van der Waals surface area (Å²) in [6.45, 7) is 10.0. The van der Waals surface area contributed by atoms with Gasteiger partial charge in [-0.05, 0) is 49.9 Å². The van der Waals surface area contributed by atoms with E-state index in [0.717, 1.165) is 18.0 Å². The van der Waals surface area contributed by atoms with E-state index in [9.17, 15) is 4.79 Å². The van der Waals surface area contributed by atoms with Crippen molar-refractivity contribution in [1.29, 1.82) is 0 Å². The molecule has 1 aliphatic rings. The summed E-state index contributed by atoms with van der Waals surface area (Å²) in [7, 11) is 0. The summed E-state index contributed by atoms with van der Waals surface area (Å²) in [4.78, 5) is 14.5. The van der Waals surface area contributed by atoms with E-state index in [4.69, 9.17) is 5.73 Å². The van der Waals surface area contributed by atoms with Crippen molar-refractivity contribution in [3.8, 4) is 0 Å². The fraction of sp³-hybridized carbons (Fsp3) is 0.632. The fourth-order valence-corrected chi connectivity index (χ4v) is 2.91. The van der Waals surface area contributed by atoms with Gasteiger partial charge in [0.1, 0.15) is 0 Å². The third kappa shape index (κ3) is 7.95. The molecule has 3 N–H and O–H groups in total. The van der Waals surface area contributed by atoms with Crippen LogP contribution in [-0.2, 0) is 17.9 Å². The molecule has 1 aromatic rings. The molecule has 4 nitrogen and oxygen atoms in total. The van der Waals surface area contributed by atoms with Gasteiger partial charge in [0.2, 0.25) is 5.91 Å². The van der Waals surface area contributed by atoms with Crippen LogP contribution in [0.5, 0.6) is 0 Å².